The average Bonchev–Trinajstić information content (AvgIpc) is 2.46. The lowest BCUT2D eigenvalue weighted by Crippen LogP contribution is -2.30. The first-order chi connectivity index (χ1) is 9.20. The zero-order chi connectivity index (χ0) is 13.7. The largest absolute Gasteiger partial charge is 0.290 e. The highest BCUT2D eigenvalue weighted by molar-refractivity contribution is 9.10. The first kappa shape index (κ1) is 14.1. The second kappa shape index (κ2) is 6.75. The van der Waals surface area contributed by atoms with E-state index in [2.05, 4.69) is 21.4 Å². The molecule has 0 spiro atoms. The molecule has 0 aromatic heterocycles. The molecular weight excluding hydrogens is 324 g/mol. The van der Waals surface area contributed by atoms with Crippen LogP contribution in [0.15, 0.2) is 57.9 Å². The molecule has 2 aromatic rings. The van der Waals surface area contributed by atoms with Gasteiger partial charge in [-0.25, -0.2) is 5.84 Å². The predicted molar refractivity (Wildman–Crippen MR) is 81.8 cm³/mol. The Kier molecular flexibility index (Phi) is 5.01. The molecule has 0 unspecified atom stereocenters. The van der Waals surface area contributed by atoms with Crippen molar-refractivity contribution >= 4 is 33.6 Å². The van der Waals surface area contributed by atoms with E-state index >= 15 is 0 Å². The molecule has 0 heterocycles. The van der Waals surface area contributed by atoms with Crippen LogP contribution in [0.25, 0.3) is 0 Å². The monoisotopic (exact) mass is 336 g/mol. The van der Waals surface area contributed by atoms with Gasteiger partial charge in [0.05, 0.1) is 0 Å². The van der Waals surface area contributed by atoms with Gasteiger partial charge in [-0.3, -0.25) is 10.2 Å². The van der Waals surface area contributed by atoms with Crippen molar-refractivity contribution in [2.24, 2.45) is 5.84 Å². The zero-order valence-electron chi connectivity index (χ0n) is 10.1. The smallest absolute Gasteiger partial charge is 0.265 e. The van der Waals surface area contributed by atoms with Crippen LogP contribution in [0, 0.1) is 0 Å². The Hall–Kier alpha value is -1.30. The van der Waals surface area contributed by atoms with Gasteiger partial charge in [0.25, 0.3) is 5.91 Å². The van der Waals surface area contributed by atoms with Crippen LogP contribution in [0.1, 0.15) is 15.9 Å². The summed E-state index contributed by atoms with van der Waals surface area (Å²) >= 11 is 5.09. The Morgan fingerprint density at radius 1 is 1.16 bits per heavy atom. The van der Waals surface area contributed by atoms with E-state index in [0.717, 1.165) is 20.7 Å². The first-order valence-corrected chi connectivity index (χ1v) is 7.46. The Bertz CT molecular complexity index is 572. The molecule has 0 aliphatic heterocycles. The van der Waals surface area contributed by atoms with E-state index in [4.69, 9.17) is 5.84 Å². The van der Waals surface area contributed by atoms with Crippen molar-refractivity contribution in [3.63, 3.8) is 0 Å². The maximum Gasteiger partial charge on any atom is 0.265 e. The lowest BCUT2D eigenvalue weighted by Gasteiger charge is -2.08. The Labute approximate surface area is 124 Å². The minimum atomic E-state index is -0.257. The number of hydrogen-bond acceptors (Lipinski definition) is 3. The quantitative estimate of drug-likeness (QED) is 0.389. The van der Waals surface area contributed by atoms with E-state index in [-0.39, 0.29) is 5.91 Å². The van der Waals surface area contributed by atoms with E-state index in [1.807, 2.05) is 42.5 Å². The van der Waals surface area contributed by atoms with Crippen molar-refractivity contribution in [1.82, 2.24) is 5.43 Å². The number of amides is 1. The SMILES string of the molecule is NNC(=O)c1ccccc1CSc1ccc(Br)cc1. The van der Waals surface area contributed by atoms with Crippen LogP contribution in [-0.2, 0) is 5.75 Å². The number of halogens is 1. The summed E-state index contributed by atoms with van der Waals surface area (Å²) < 4.78 is 1.06. The van der Waals surface area contributed by atoms with Crippen molar-refractivity contribution < 1.29 is 4.79 Å². The van der Waals surface area contributed by atoms with Gasteiger partial charge in [0.15, 0.2) is 0 Å². The topological polar surface area (TPSA) is 55.1 Å². The molecule has 2 aromatic carbocycles. The molecule has 5 heteroatoms. The minimum absolute atomic E-state index is 0.257. The Morgan fingerprint density at radius 3 is 2.53 bits per heavy atom. The second-order valence-electron chi connectivity index (χ2n) is 3.87. The van der Waals surface area contributed by atoms with Gasteiger partial charge >= 0.3 is 0 Å². The van der Waals surface area contributed by atoms with Crippen LogP contribution < -0.4 is 11.3 Å². The van der Waals surface area contributed by atoms with Crippen molar-refractivity contribution in [3.8, 4) is 0 Å². The molecule has 0 radical (unpaired) electrons. The summed E-state index contributed by atoms with van der Waals surface area (Å²) in [6.45, 7) is 0. The molecule has 0 atom stereocenters. The van der Waals surface area contributed by atoms with Crippen LogP contribution in [0.5, 0.6) is 0 Å². The molecule has 1 amide bonds. The lowest BCUT2D eigenvalue weighted by molar-refractivity contribution is 0.0953. The van der Waals surface area contributed by atoms with Crippen LogP contribution in [0.3, 0.4) is 0 Å². The highest BCUT2D eigenvalue weighted by Crippen LogP contribution is 2.25. The number of carbonyl (C=O) groups is 1. The summed E-state index contributed by atoms with van der Waals surface area (Å²) in [6.07, 6.45) is 0. The zero-order valence-corrected chi connectivity index (χ0v) is 12.5. The third-order valence-electron chi connectivity index (χ3n) is 2.60. The molecule has 0 aliphatic carbocycles. The number of rotatable bonds is 4. The van der Waals surface area contributed by atoms with Gasteiger partial charge in [-0.05, 0) is 35.9 Å². The van der Waals surface area contributed by atoms with Crippen molar-refractivity contribution in [1.29, 1.82) is 0 Å². The van der Waals surface area contributed by atoms with Crippen LogP contribution in [-0.4, -0.2) is 5.91 Å². The van der Waals surface area contributed by atoms with E-state index in [1.54, 1.807) is 17.8 Å². The summed E-state index contributed by atoms with van der Waals surface area (Å²) in [7, 11) is 0. The summed E-state index contributed by atoms with van der Waals surface area (Å²) in [5, 5.41) is 0. The second-order valence-corrected chi connectivity index (χ2v) is 5.84. The van der Waals surface area contributed by atoms with Gasteiger partial charge in [0.1, 0.15) is 0 Å². The minimum Gasteiger partial charge on any atom is -0.290 e. The van der Waals surface area contributed by atoms with Gasteiger partial charge in [-0.2, -0.15) is 0 Å². The van der Waals surface area contributed by atoms with Crippen LogP contribution in [0.2, 0.25) is 0 Å². The van der Waals surface area contributed by atoms with E-state index in [9.17, 15) is 4.79 Å². The fraction of sp³-hybridized carbons (Fsp3) is 0.0714. The Balaban J connectivity index is 2.11. The number of nitrogens with two attached hydrogens (primary N) is 1. The summed E-state index contributed by atoms with van der Waals surface area (Å²) in [5.41, 5.74) is 3.76. The molecule has 0 bridgehead atoms. The van der Waals surface area contributed by atoms with Gasteiger partial charge < -0.3 is 0 Å². The predicted octanol–water partition coefficient (Wildman–Crippen LogP) is 3.34. The van der Waals surface area contributed by atoms with Gasteiger partial charge in [0, 0.05) is 20.7 Å². The molecule has 0 saturated carbocycles. The van der Waals surface area contributed by atoms with Crippen molar-refractivity contribution in [2.45, 2.75) is 10.6 Å². The highest BCUT2D eigenvalue weighted by atomic mass is 79.9. The van der Waals surface area contributed by atoms with Crippen LogP contribution in [0.4, 0.5) is 0 Å². The number of thioether (sulfide) groups is 1. The molecule has 2 rings (SSSR count). The number of nitrogen functional groups attached to an aromatic ring is 1. The third-order valence-corrected chi connectivity index (χ3v) is 4.19. The van der Waals surface area contributed by atoms with Crippen molar-refractivity contribution in [3.05, 3.63) is 64.1 Å². The van der Waals surface area contributed by atoms with E-state index in [0.29, 0.717) is 5.56 Å². The summed E-state index contributed by atoms with van der Waals surface area (Å²) in [6, 6.07) is 15.6. The fourth-order valence-electron chi connectivity index (χ4n) is 1.64. The number of hydrazine groups is 1. The maximum absolute atomic E-state index is 11.6. The number of benzene rings is 2. The first-order valence-electron chi connectivity index (χ1n) is 5.68. The third kappa shape index (κ3) is 3.83. The highest BCUT2D eigenvalue weighted by Gasteiger charge is 2.09. The van der Waals surface area contributed by atoms with Gasteiger partial charge in [-0.1, -0.05) is 34.1 Å². The van der Waals surface area contributed by atoms with Gasteiger partial charge in [0.2, 0.25) is 0 Å². The summed E-state index contributed by atoms with van der Waals surface area (Å²) in [5.74, 6) is 5.66. The van der Waals surface area contributed by atoms with E-state index in [1.165, 1.54) is 0 Å². The van der Waals surface area contributed by atoms with Crippen LogP contribution >= 0.6 is 27.7 Å². The molecule has 3 N–H and O–H groups in total. The fourth-order valence-corrected chi connectivity index (χ4v) is 2.80. The number of carbonyl (C=O) groups excluding carboxylic acids is 1. The molecule has 0 aliphatic rings. The van der Waals surface area contributed by atoms with E-state index < -0.39 is 0 Å². The molecule has 19 heavy (non-hydrogen) atoms. The molecule has 0 saturated heterocycles. The molecule has 3 nitrogen and oxygen atoms in total. The number of hydrogen-bond donors (Lipinski definition) is 2. The lowest BCUT2D eigenvalue weighted by atomic mass is 10.1. The standard InChI is InChI=1S/C14H13BrN2OS/c15-11-5-7-12(8-6-11)19-9-10-3-1-2-4-13(10)14(18)17-16/h1-8H,9,16H2,(H,17,18). The summed E-state index contributed by atoms with van der Waals surface area (Å²) in [4.78, 5) is 12.8. The molecule has 98 valence electrons. The maximum atomic E-state index is 11.6. The normalized spacial score (nSPS) is 10.2. The Morgan fingerprint density at radius 2 is 1.84 bits per heavy atom. The number of nitrogens with one attached hydrogen (secondary N) is 1. The van der Waals surface area contributed by atoms with Crippen molar-refractivity contribution in [2.75, 3.05) is 0 Å². The molecule has 0 fully saturated rings. The average molecular weight is 337 g/mol. The van der Waals surface area contributed by atoms with Gasteiger partial charge in [-0.15, -0.1) is 11.8 Å². The molecular formula is C14H13BrN2OS.